The molecule has 1 aliphatic heterocycles. The molecule has 7 nitrogen and oxygen atoms in total. The SMILES string of the molecule is CCCC(=O)N(C/C=C/c1ccccc1OC)CCN1CCN(C(=O)Nc2cccc(C)c2)CC1. The van der Waals surface area contributed by atoms with E-state index >= 15 is 0 Å². The molecule has 1 N–H and O–H groups in total. The van der Waals surface area contributed by atoms with Gasteiger partial charge in [-0.1, -0.05) is 49.4 Å². The van der Waals surface area contributed by atoms with E-state index in [9.17, 15) is 9.59 Å². The number of aryl methyl sites for hydroxylation is 1. The fourth-order valence-corrected chi connectivity index (χ4v) is 4.16. The highest BCUT2D eigenvalue weighted by molar-refractivity contribution is 5.89. The minimum absolute atomic E-state index is 0.0588. The number of methoxy groups -OCH3 is 1. The third-order valence-electron chi connectivity index (χ3n) is 6.19. The molecule has 3 amide bonds. The van der Waals surface area contributed by atoms with Crippen LogP contribution in [0.15, 0.2) is 54.6 Å². The second-order valence-corrected chi connectivity index (χ2v) is 8.86. The van der Waals surface area contributed by atoms with Gasteiger partial charge in [0, 0.05) is 63.5 Å². The van der Waals surface area contributed by atoms with E-state index in [0.29, 0.717) is 32.6 Å². The highest BCUT2D eigenvalue weighted by atomic mass is 16.5. The Hall–Kier alpha value is -3.32. The predicted octanol–water partition coefficient (Wildman–Crippen LogP) is 4.50. The van der Waals surface area contributed by atoms with Crippen molar-refractivity contribution in [3.8, 4) is 5.75 Å². The lowest BCUT2D eigenvalue weighted by molar-refractivity contribution is -0.130. The predicted molar refractivity (Wildman–Crippen MR) is 142 cm³/mol. The van der Waals surface area contributed by atoms with Gasteiger partial charge in [-0.15, -0.1) is 0 Å². The first-order valence-electron chi connectivity index (χ1n) is 12.4. The quantitative estimate of drug-likeness (QED) is 0.546. The number of ether oxygens (including phenoxy) is 1. The van der Waals surface area contributed by atoms with Gasteiger partial charge in [-0.05, 0) is 37.1 Å². The molecule has 7 heteroatoms. The Balaban J connectivity index is 1.48. The average molecular weight is 479 g/mol. The third kappa shape index (κ3) is 8.14. The first kappa shape index (κ1) is 26.3. The van der Waals surface area contributed by atoms with Crippen LogP contribution in [0.2, 0.25) is 0 Å². The molecule has 3 rings (SSSR count). The van der Waals surface area contributed by atoms with Crippen LogP contribution in [0.1, 0.15) is 30.9 Å². The van der Waals surface area contributed by atoms with E-state index in [1.54, 1.807) is 7.11 Å². The van der Waals surface area contributed by atoms with Crippen LogP contribution in [0.25, 0.3) is 6.08 Å². The van der Waals surface area contributed by atoms with Crippen molar-refractivity contribution >= 4 is 23.7 Å². The Morgan fingerprint density at radius 2 is 1.86 bits per heavy atom. The van der Waals surface area contributed by atoms with Crippen molar-refractivity contribution in [1.29, 1.82) is 0 Å². The van der Waals surface area contributed by atoms with Crippen LogP contribution in [-0.4, -0.2) is 79.6 Å². The van der Waals surface area contributed by atoms with Crippen LogP contribution in [0.5, 0.6) is 5.75 Å². The van der Waals surface area contributed by atoms with E-state index < -0.39 is 0 Å². The van der Waals surface area contributed by atoms with E-state index in [1.165, 1.54) is 0 Å². The van der Waals surface area contributed by atoms with E-state index in [0.717, 1.165) is 48.6 Å². The molecule has 2 aromatic rings. The molecule has 0 radical (unpaired) electrons. The molecule has 0 spiro atoms. The van der Waals surface area contributed by atoms with Crippen LogP contribution >= 0.6 is 0 Å². The van der Waals surface area contributed by atoms with Crippen LogP contribution in [0.4, 0.5) is 10.5 Å². The maximum Gasteiger partial charge on any atom is 0.321 e. The molecule has 0 atom stereocenters. The van der Waals surface area contributed by atoms with Crippen molar-refractivity contribution in [3.05, 3.63) is 65.7 Å². The van der Waals surface area contributed by atoms with Gasteiger partial charge in [0.15, 0.2) is 0 Å². The number of rotatable bonds is 10. The molecule has 0 aromatic heterocycles. The fraction of sp³-hybridized carbons (Fsp3) is 0.429. The topological polar surface area (TPSA) is 65.1 Å². The Labute approximate surface area is 209 Å². The normalized spacial score (nSPS) is 14.2. The number of anilines is 1. The highest BCUT2D eigenvalue weighted by Gasteiger charge is 2.22. The molecule has 0 aliphatic carbocycles. The van der Waals surface area contributed by atoms with E-state index in [2.05, 4.69) is 10.2 Å². The second kappa shape index (κ2) is 13.5. The molecule has 2 aromatic carbocycles. The summed E-state index contributed by atoms with van der Waals surface area (Å²) in [7, 11) is 1.66. The minimum atomic E-state index is -0.0588. The van der Waals surface area contributed by atoms with Gasteiger partial charge in [0.25, 0.3) is 0 Å². The lowest BCUT2D eigenvalue weighted by atomic mass is 10.2. The van der Waals surface area contributed by atoms with Crippen molar-refractivity contribution in [3.63, 3.8) is 0 Å². The van der Waals surface area contributed by atoms with E-state index in [-0.39, 0.29) is 11.9 Å². The van der Waals surface area contributed by atoms with Crippen LogP contribution in [0.3, 0.4) is 0 Å². The number of carbonyl (C=O) groups is 2. The highest BCUT2D eigenvalue weighted by Crippen LogP contribution is 2.18. The molecular weight excluding hydrogens is 440 g/mol. The Morgan fingerprint density at radius 3 is 2.57 bits per heavy atom. The van der Waals surface area contributed by atoms with Crippen LogP contribution in [0, 0.1) is 6.92 Å². The number of hydrogen-bond acceptors (Lipinski definition) is 4. The van der Waals surface area contributed by atoms with Gasteiger partial charge < -0.3 is 19.9 Å². The largest absolute Gasteiger partial charge is 0.496 e. The maximum atomic E-state index is 12.7. The fourth-order valence-electron chi connectivity index (χ4n) is 4.16. The van der Waals surface area contributed by atoms with Gasteiger partial charge in [-0.25, -0.2) is 4.79 Å². The smallest absolute Gasteiger partial charge is 0.321 e. The Kier molecular flexibility index (Phi) is 10.2. The minimum Gasteiger partial charge on any atom is -0.496 e. The first-order chi connectivity index (χ1) is 17.0. The molecule has 35 heavy (non-hydrogen) atoms. The summed E-state index contributed by atoms with van der Waals surface area (Å²) in [6.45, 7) is 9.02. The zero-order chi connectivity index (χ0) is 25.0. The van der Waals surface area contributed by atoms with Gasteiger partial charge in [-0.3, -0.25) is 9.69 Å². The number of nitrogens with zero attached hydrogens (tertiary/aromatic N) is 3. The molecular formula is C28H38N4O3. The van der Waals surface area contributed by atoms with Crippen LogP contribution in [-0.2, 0) is 4.79 Å². The van der Waals surface area contributed by atoms with E-state index in [1.807, 2.05) is 84.3 Å². The lowest BCUT2D eigenvalue weighted by Crippen LogP contribution is -2.51. The first-order valence-corrected chi connectivity index (χ1v) is 12.4. The summed E-state index contributed by atoms with van der Waals surface area (Å²) in [5, 5.41) is 2.99. The summed E-state index contributed by atoms with van der Waals surface area (Å²) >= 11 is 0. The molecule has 1 aliphatic rings. The summed E-state index contributed by atoms with van der Waals surface area (Å²) in [6.07, 6.45) is 5.42. The van der Waals surface area contributed by atoms with Gasteiger partial charge in [-0.2, -0.15) is 0 Å². The number of amides is 3. The number of carbonyl (C=O) groups excluding carboxylic acids is 2. The summed E-state index contributed by atoms with van der Waals surface area (Å²) < 4.78 is 5.41. The van der Waals surface area contributed by atoms with Gasteiger partial charge in [0.2, 0.25) is 5.91 Å². The number of piperazine rings is 1. The van der Waals surface area contributed by atoms with Crippen molar-refractivity contribution in [2.45, 2.75) is 26.7 Å². The summed E-state index contributed by atoms with van der Waals surface area (Å²) in [6, 6.07) is 15.6. The van der Waals surface area contributed by atoms with Crippen LogP contribution < -0.4 is 10.1 Å². The van der Waals surface area contributed by atoms with Gasteiger partial charge >= 0.3 is 6.03 Å². The number of nitrogens with one attached hydrogen (secondary N) is 1. The molecule has 1 saturated heterocycles. The van der Waals surface area contributed by atoms with Crippen molar-refractivity contribution < 1.29 is 14.3 Å². The molecule has 0 bridgehead atoms. The third-order valence-corrected chi connectivity index (χ3v) is 6.19. The Morgan fingerprint density at radius 1 is 1.09 bits per heavy atom. The maximum absolute atomic E-state index is 12.7. The van der Waals surface area contributed by atoms with Gasteiger partial charge in [0.05, 0.1) is 7.11 Å². The van der Waals surface area contributed by atoms with Gasteiger partial charge in [0.1, 0.15) is 5.75 Å². The molecule has 0 saturated carbocycles. The van der Waals surface area contributed by atoms with Crippen molar-refractivity contribution in [2.24, 2.45) is 0 Å². The summed E-state index contributed by atoms with van der Waals surface area (Å²) in [4.78, 5) is 31.4. The molecule has 1 fully saturated rings. The monoisotopic (exact) mass is 478 g/mol. The molecule has 1 heterocycles. The average Bonchev–Trinajstić information content (AvgIpc) is 2.86. The lowest BCUT2D eigenvalue weighted by Gasteiger charge is -2.35. The zero-order valence-corrected chi connectivity index (χ0v) is 21.2. The number of benzene rings is 2. The number of urea groups is 1. The van der Waals surface area contributed by atoms with E-state index in [4.69, 9.17) is 4.74 Å². The standard InChI is InChI=1S/C28H38N4O3/c1-4-9-27(33)31(15-8-12-24-11-5-6-14-26(24)35-3)19-16-30-17-20-32(21-18-30)28(34)29-25-13-7-10-23(2)22-25/h5-8,10-14,22H,4,9,15-21H2,1-3H3,(H,29,34)/b12-8+. The Bertz CT molecular complexity index is 999. The zero-order valence-electron chi connectivity index (χ0n) is 21.2. The number of hydrogen-bond donors (Lipinski definition) is 1. The van der Waals surface area contributed by atoms with Crippen molar-refractivity contribution in [1.82, 2.24) is 14.7 Å². The number of para-hydroxylation sites is 1. The summed E-state index contributed by atoms with van der Waals surface area (Å²) in [5.41, 5.74) is 2.94. The molecule has 188 valence electrons. The summed E-state index contributed by atoms with van der Waals surface area (Å²) in [5.74, 6) is 0.993. The second-order valence-electron chi connectivity index (χ2n) is 8.86. The van der Waals surface area contributed by atoms with Crippen molar-refractivity contribution in [2.75, 3.05) is 58.2 Å². The molecule has 0 unspecified atom stereocenters.